The number of nitrogens with zero attached hydrogens (tertiary/aromatic N) is 1. The molecule has 0 N–H and O–H groups in total. The number of aromatic nitrogens is 1. The van der Waals surface area contributed by atoms with Crippen LogP contribution in [0.1, 0.15) is 10.6 Å². The summed E-state index contributed by atoms with van der Waals surface area (Å²) in [6.07, 6.45) is 0. The van der Waals surface area contributed by atoms with Crippen LogP contribution in [0.15, 0.2) is 17.5 Å². The molecular formula is C12H11BrClNOS. The van der Waals surface area contributed by atoms with Gasteiger partial charge in [0.05, 0.1) is 18.1 Å². The molecule has 0 saturated heterocycles. The van der Waals surface area contributed by atoms with Gasteiger partial charge in [-0.05, 0) is 24.6 Å². The fourth-order valence-corrected chi connectivity index (χ4v) is 3.12. The number of benzene rings is 1. The number of thiazole rings is 1. The highest BCUT2D eigenvalue weighted by Crippen LogP contribution is 2.36. The fourth-order valence-electron chi connectivity index (χ4n) is 1.69. The summed E-state index contributed by atoms with van der Waals surface area (Å²) in [7, 11) is 1.66. The molecule has 1 aromatic heterocycles. The predicted molar refractivity (Wildman–Crippen MR) is 76.5 cm³/mol. The molecule has 2 aromatic rings. The number of halogens is 2. The molecule has 0 spiro atoms. The first-order valence-corrected chi connectivity index (χ1v) is 7.38. The molecule has 0 radical (unpaired) electrons. The van der Waals surface area contributed by atoms with Crippen LogP contribution in [0, 0.1) is 6.92 Å². The Bertz CT molecular complexity index is 541. The number of ether oxygens (including phenoxy) is 1. The van der Waals surface area contributed by atoms with E-state index in [2.05, 4.69) is 20.9 Å². The Kier molecular flexibility index (Phi) is 4.07. The molecule has 0 amide bonds. The van der Waals surface area contributed by atoms with Gasteiger partial charge in [0, 0.05) is 16.0 Å². The van der Waals surface area contributed by atoms with Crippen molar-refractivity contribution in [2.45, 2.75) is 12.3 Å². The van der Waals surface area contributed by atoms with Gasteiger partial charge in [0.25, 0.3) is 0 Å². The maximum atomic E-state index is 6.08. The van der Waals surface area contributed by atoms with Gasteiger partial charge in [-0.25, -0.2) is 4.98 Å². The van der Waals surface area contributed by atoms with Crippen molar-refractivity contribution in [1.29, 1.82) is 0 Å². The molecule has 90 valence electrons. The Hall–Kier alpha value is -0.580. The number of hydrogen-bond acceptors (Lipinski definition) is 3. The van der Waals surface area contributed by atoms with Gasteiger partial charge in [-0.3, -0.25) is 0 Å². The molecule has 0 fully saturated rings. The topological polar surface area (TPSA) is 22.1 Å². The van der Waals surface area contributed by atoms with Crippen LogP contribution < -0.4 is 4.74 Å². The number of hydrogen-bond donors (Lipinski definition) is 0. The van der Waals surface area contributed by atoms with Crippen molar-refractivity contribution in [2.75, 3.05) is 7.11 Å². The summed E-state index contributed by atoms with van der Waals surface area (Å²) in [6, 6.07) is 3.78. The van der Waals surface area contributed by atoms with Crippen LogP contribution in [0.4, 0.5) is 0 Å². The predicted octanol–water partition coefficient (Wildman–Crippen LogP) is 4.68. The first-order chi connectivity index (χ1) is 8.15. The van der Waals surface area contributed by atoms with Crippen LogP contribution in [0.2, 0.25) is 5.02 Å². The van der Waals surface area contributed by atoms with Gasteiger partial charge < -0.3 is 4.74 Å². The summed E-state index contributed by atoms with van der Waals surface area (Å²) >= 11 is 11.1. The van der Waals surface area contributed by atoms with Gasteiger partial charge >= 0.3 is 0 Å². The first kappa shape index (κ1) is 12.9. The molecule has 2 nitrogen and oxygen atoms in total. The van der Waals surface area contributed by atoms with Gasteiger partial charge in [0.2, 0.25) is 0 Å². The summed E-state index contributed by atoms with van der Waals surface area (Å²) in [5.74, 6) is 0.834. The van der Waals surface area contributed by atoms with Crippen molar-refractivity contribution in [2.24, 2.45) is 0 Å². The second-order valence-electron chi connectivity index (χ2n) is 3.56. The van der Waals surface area contributed by atoms with E-state index in [4.69, 9.17) is 16.3 Å². The van der Waals surface area contributed by atoms with Gasteiger partial charge in [-0.15, -0.1) is 11.3 Å². The lowest BCUT2D eigenvalue weighted by Crippen LogP contribution is -1.92. The molecule has 0 aliphatic rings. The fraction of sp³-hybridized carbons (Fsp3) is 0.250. The molecule has 1 aromatic carbocycles. The quantitative estimate of drug-likeness (QED) is 0.762. The van der Waals surface area contributed by atoms with Crippen molar-refractivity contribution in [3.8, 4) is 17.0 Å². The first-order valence-electron chi connectivity index (χ1n) is 5.00. The number of alkyl halides is 1. The zero-order valence-electron chi connectivity index (χ0n) is 9.46. The van der Waals surface area contributed by atoms with Crippen LogP contribution in [-0.4, -0.2) is 12.1 Å². The Morgan fingerprint density at radius 2 is 2.24 bits per heavy atom. The standard InChI is InChI=1S/C12H11BrClNOS/c1-7-3-8(14)4-9(12(7)16-2)10-6-17-11(5-13)15-10/h3-4,6H,5H2,1-2H3. The van der Waals surface area contributed by atoms with E-state index >= 15 is 0 Å². The third kappa shape index (κ3) is 2.64. The zero-order valence-corrected chi connectivity index (χ0v) is 12.6. The summed E-state index contributed by atoms with van der Waals surface area (Å²) in [4.78, 5) is 4.52. The molecule has 0 unspecified atom stereocenters. The minimum absolute atomic E-state index is 0.701. The van der Waals surface area contributed by atoms with Crippen molar-refractivity contribution in [3.63, 3.8) is 0 Å². The molecule has 5 heteroatoms. The van der Waals surface area contributed by atoms with Crippen LogP contribution in [0.25, 0.3) is 11.3 Å². The maximum absolute atomic E-state index is 6.08. The summed E-state index contributed by atoms with van der Waals surface area (Å²) in [6.45, 7) is 1.98. The summed E-state index contributed by atoms with van der Waals surface area (Å²) in [5, 5.41) is 4.52. The molecule has 0 atom stereocenters. The largest absolute Gasteiger partial charge is 0.496 e. The number of methoxy groups -OCH3 is 1. The molecule has 0 saturated carbocycles. The van der Waals surface area contributed by atoms with E-state index in [0.717, 1.165) is 32.9 Å². The average molecular weight is 333 g/mol. The minimum atomic E-state index is 0.701. The van der Waals surface area contributed by atoms with Crippen LogP contribution in [-0.2, 0) is 5.33 Å². The van der Waals surface area contributed by atoms with E-state index in [1.165, 1.54) is 0 Å². The van der Waals surface area contributed by atoms with Crippen LogP contribution in [0.5, 0.6) is 5.75 Å². The van der Waals surface area contributed by atoms with Crippen molar-refractivity contribution in [1.82, 2.24) is 4.98 Å². The minimum Gasteiger partial charge on any atom is -0.496 e. The Labute approximate surface area is 118 Å². The number of aryl methyl sites for hydroxylation is 1. The smallest absolute Gasteiger partial charge is 0.131 e. The van der Waals surface area contributed by atoms with E-state index in [9.17, 15) is 0 Å². The van der Waals surface area contributed by atoms with Crippen molar-refractivity contribution in [3.05, 3.63) is 33.1 Å². The Morgan fingerprint density at radius 1 is 1.47 bits per heavy atom. The molecule has 1 heterocycles. The highest BCUT2D eigenvalue weighted by molar-refractivity contribution is 9.08. The molecule has 17 heavy (non-hydrogen) atoms. The lowest BCUT2D eigenvalue weighted by atomic mass is 10.1. The third-order valence-corrected chi connectivity index (χ3v) is 4.35. The molecule has 2 rings (SSSR count). The van der Waals surface area contributed by atoms with E-state index in [1.807, 2.05) is 24.4 Å². The maximum Gasteiger partial charge on any atom is 0.131 e. The van der Waals surface area contributed by atoms with E-state index in [-0.39, 0.29) is 0 Å². The second kappa shape index (κ2) is 5.38. The van der Waals surface area contributed by atoms with E-state index in [0.29, 0.717) is 5.02 Å². The zero-order chi connectivity index (χ0) is 12.4. The highest BCUT2D eigenvalue weighted by atomic mass is 79.9. The Balaban J connectivity index is 2.57. The molecular weight excluding hydrogens is 322 g/mol. The summed E-state index contributed by atoms with van der Waals surface area (Å²) < 4.78 is 5.42. The van der Waals surface area contributed by atoms with Gasteiger partial charge in [-0.1, -0.05) is 27.5 Å². The lowest BCUT2D eigenvalue weighted by molar-refractivity contribution is 0.413. The van der Waals surface area contributed by atoms with Crippen LogP contribution in [0.3, 0.4) is 0 Å². The SMILES string of the molecule is COc1c(C)cc(Cl)cc1-c1csc(CBr)n1. The third-order valence-electron chi connectivity index (χ3n) is 2.39. The van der Waals surface area contributed by atoms with E-state index < -0.39 is 0 Å². The number of rotatable bonds is 3. The average Bonchev–Trinajstić information content (AvgIpc) is 2.76. The normalized spacial score (nSPS) is 10.6. The van der Waals surface area contributed by atoms with Gasteiger partial charge in [-0.2, -0.15) is 0 Å². The monoisotopic (exact) mass is 331 g/mol. The van der Waals surface area contributed by atoms with Crippen molar-refractivity contribution < 1.29 is 4.74 Å². The molecule has 0 aliphatic heterocycles. The molecule has 0 aliphatic carbocycles. The van der Waals surface area contributed by atoms with Crippen molar-refractivity contribution >= 4 is 38.9 Å². The summed E-state index contributed by atoms with van der Waals surface area (Å²) in [5.41, 5.74) is 2.87. The van der Waals surface area contributed by atoms with E-state index in [1.54, 1.807) is 18.4 Å². The lowest BCUT2D eigenvalue weighted by Gasteiger charge is -2.10. The second-order valence-corrected chi connectivity index (χ2v) is 5.50. The van der Waals surface area contributed by atoms with Gasteiger partial charge in [0.1, 0.15) is 10.8 Å². The van der Waals surface area contributed by atoms with Gasteiger partial charge in [0.15, 0.2) is 0 Å². The highest BCUT2D eigenvalue weighted by Gasteiger charge is 2.13. The Morgan fingerprint density at radius 3 is 2.82 bits per heavy atom. The van der Waals surface area contributed by atoms with Crippen LogP contribution >= 0.6 is 38.9 Å². The molecule has 0 bridgehead atoms.